The number of imidazole rings is 1. The molecule has 0 unspecified atom stereocenters. The van der Waals surface area contributed by atoms with Crippen molar-refractivity contribution >= 4 is 0 Å². The van der Waals surface area contributed by atoms with Gasteiger partial charge in [0, 0.05) is 36.1 Å². The molecule has 5 nitrogen and oxygen atoms in total. The molecule has 2 heterocycles. The summed E-state index contributed by atoms with van der Waals surface area (Å²) in [5.41, 5.74) is 3.82. The maximum Gasteiger partial charge on any atom is 0.213 e. The van der Waals surface area contributed by atoms with E-state index in [1.165, 1.54) is 12.1 Å². The van der Waals surface area contributed by atoms with Crippen molar-refractivity contribution in [2.75, 3.05) is 13.2 Å². The minimum atomic E-state index is -0.904. The molecular formula is C29H23F2N3O2. The lowest BCUT2D eigenvalue weighted by Gasteiger charge is -2.13. The lowest BCUT2D eigenvalue weighted by Crippen LogP contribution is -2.10. The number of benzene rings is 3. The Hall–Kier alpha value is -4.52. The van der Waals surface area contributed by atoms with E-state index in [0.717, 1.165) is 29.5 Å². The van der Waals surface area contributed by atoms with Gasteiger partial charge in [-0.2, -0.15) is 0 Å². The molecule has 0 aliphatic carbocycles. The van der Waals surface area contributed by atoms with Gasteiger partial charge in [-0.25, -0.2) is 18.7 Å². The van der Waals surface area contributed by atoms with Crippen LogP contribution in [0.25, 0.3) is 22.4 Å². The fraction of sp³-hybridized carbons (Fsp3) is 0.103. The predicted octanol–water partition coefficient (Wildman–Crippen LogP) is 6.40. The van der Waals surface area contributed by atoms with Crippen LogP contribution in [0.2, 0.25) is 0 Å². The average Bonchev–Trinajstić information content (AvgIpc) is 3.43. The Morgan fingerprint density at radius 1 is 0.750 bits per heavy atom. The Morgan fingerprint density at radius 3 is 2.31 bits per heavy atom. The highest BCUT2D eigenvalue weighted by Crippen LogP contribution is 2.33. The first-order valence-electron chi connectivity index (χ1n) is 11.5. The molecule has 2 aromatic heterocycles. The summed E-state index contributed by atoms with van der Waals surface area (Å²) in [7, 11) is 0. The molecule has 7 heteroatoms. The number of ether oxygens (including phenoxy) is 2. The number of aromatic nitrogens is 3. The number of rotatable bonds is 9. The van der Waals surface area contributed by atoms with Crippen LogP contribution in [-0.4, -0.2) is 27.7 Å². The summed E-state index contributed by atoms with van der Waals surface area (Å²) in [6.07, 6.45) is 5.46. The van der Waals surface area contributed by atoms with E-state index in [9.17, 15) is 8.78 Å². The lowest BCUT2D eigenvalue weighted by molar-refractivity contribution is 0.212. The Labute approximate surface area is 207 Å². The van der Waals surface area contributed by atoms with Gasteiger partial charge in [0.1, 0.15) is 19.0 Å². The zero-order valence-corrected chi connectivity index (χ0v) is 19.4. The Morgan fingerprint density at radius 2 is 1.56 bits per heavy atom. The highest BCUT2D eigenvalue weighted by molar-refractivity contribution is 5.81. The van der Waals surface area contributed by atoms with Crippen molar-refractivity contribution in [3.05, 3.63) is 121 Å². The molecule has 0 fully saturated rings. The van der Waals surface area contributed by atoms with Crippen molar-refractivity contribution in [3.8, 4) is 34.0 Å². The first-order chi connectivity index (χ1) is 17.7. The molecule has 0 aliphatic heterocycles. The molecule has 0 aliphatic rings. The van der Waals surface area contributed by atoms with Gasteiger partial charge in [-0.05, 0) is 41.5 Å². The fourth-order valence-corrected chi connectivity index (χ4v) is 3.82. The number of halogens is 2. The summed E-state index contributed by atoms with van der Waals surface area (Å²) >= 11 is 0. The van der Waals surface area contributed by atoms with Crippen LogP contribution in [0.15, 0.2) is 104 Å². The van der Waals surface area contributed by atoms with Gasteiger partial charge in [0.25, 0.3) is 0 Å². The highest BCUT2D eigenvalue weighted by Gasteiger charge is 2.13. The van der Waals surface area contributed by atoms with E-state index in [2.05, 4.69) is 9.97 Å². The summed E-state index contributed by atoms with van der Waals surface area (Å²) in [6, 6.07) is 24.8. The van der Waals surface area contributed by atoms with Gasteiger partial charge >= 0.3 is 0 Å². The van der Waals surface area contributed by atoms with Gasteiger partial charge in [0.2, 0.25) is 5.88 Å². The molecule has 5 aromatic rings. The minimum absolute atomic E-state index is 0.294. The van der Waals surface area contributed by atoms with E-state index in [-0.39, 0.29) is 0 Å². The van der Waals surface area contributed by atoms with Crippen LogP contribution in [0.3, 0.4) is 0 Å². The number of pyridine rings is 1. The summed E-state index contributed by atoms with van der Waals surface area (Å²) in [4.78, 5) is 8.71. The Balaban J connectivity index is 1.25. The molecule has 3 aromatic carbocycles. The van der Waals surface area contributed by atoms with E-state index < -0.39 is 11.6 Å². The second-order valence-electron chi connectivity index (χ2n) is 8.12. The summed E-state index contributed by atoms with van der Waals surface area (Å²) in [5.74, 6) is -0.626. The van der Waals surface area contributed by atoms with Gasteiger partial charge in [0.05, 0.1) is 12.0 Å². The zero-order chi connectivity index (χ0) is 24.7. The third-order valence-electron chi connectivity index (χ3n) is 5.60. The van der Waals surface area contributed by atoms with Crippen LogP contribution in [0.4, 0.5) is 8.78 Å². The molecule has 0 radical (unpaired) electrons. The van der Waals surface area contributed by atoms with Crippen molar-refractivity contribution < 1.29 is 18.3 Å². The van der Waals surface area contributed by atoms with Crippen molar-refractivity contribution in [1.29, 1.82) is 0 Å². The molecule has 0 saturated heterocycles. The van der Waals surface area contributed by atoms with Crippen molar-refractivity contribution in [2.45, 2.75) is 6.54 Å². The van der Waals surface area contributed by atoms with Gasteiger partial charge in [-0.1, -0.05) is 48.5 Å². The van der Waals surface area contributed by atoms with Crippen molar-refractivity contribution in [3.63, 3.8) is 0 Å². The van der Waals surface area contributed by atoms with Crippen molar-refractivity contribution in [1.82, 2.24) is 14.5 Å². The van der Waals surface area contributed by atoms with E-state index in [4.69, 9.17) is 9.47 Å². The van der Waals surface area contributed by atoms with Gasteiger partial charge in [0.15, 0.2) is 11.6 Å². The molecule has 5 rings (SSSR count). The Kier molecular flexibility index (Phi) is 6.98. The summed E-state index contributed by atoms with van der Waals surface area (Å²) < 4.78 is 41.0. The first kappa shape index (κ1) is 23.2. The SMILES string of the molecule is Fc1ccc(-c2ccc(OCCOc3ccc(Cn4ccnc4)cc3)nc2-c2ccccc2)cc1F. The van der Waals surface area contributed by atoms with E-state index >= 15 is 0 Å². The van der Waals surface area contributed by atoms with Crippen LogP contribution < -0.4 is 9.47 Å². The zero-order valence-electron chi connectivity index (χ0n) is 19.4. The summed E-state index contributed by atoms with van der Waals surface area (Å²) in [5, 5.41) is 0. The van der Waals surface area contributed by atoms with E-state index in [0.29, 0.717) is 35.9 Å². The second-order valence-corrected chi connectivity index (χ2v) is 8.12. The lowest BCUT2D eigenvalue weighted by atomic mass is 9.99. The normalized spacial score (nSPS) is 10.8. The molecule has 180 valence electrons. The number of hydrogen-bond donors (Lipinski definition) is 0. The topological polar surface area (TPSA) is 49.2 Å². The van der Waals surface area contributed by atoms with E-state index in [1.54, 1.807) is 24.7 Å². The van der Waals surface area contributed by atoms with Crippen LogP contribution in [0.5, 0.6) is 11.6 Å². The molecule has 0 bridgehead atoms. The predicted molar refractivity (Wildman–Crippen MR) is 134 cm³/mol. The second kappa shape index (κ2) is 10.8. The number of hydrogen-bond acceptors (Lipinski definition) is 4. The molecule has 0 N–H and O–H groups in total. The Bertz CT molecular complexity index is 1420. The van der Waals surface area contributed by atoms with Gasteiger partial charge < -0.3 is 14.0 Å². The third kappa shape index (κ3) is 5.58. The van der Waals surface area contributed by atoms with Crippen LogP contribution in [0.1, 0.15) is 5.56 Å². The molecule has 0 atom stereocenters. The summed E-state index contributed by atoms with van der Waals surface area (Å²) in [6.45, 7) is 1.38. The standard InChI is InChI=1S/C29H23F2N3O2/c30-26-12-8-23(18-27(26)31)25-11-13-28(33-29(25)22-4-2-1-3-5-22)36-17-16-35-24-9-6-21(7-10-24)19-34-15-14-32-20-34/h1-15,18,20H,16-17,19H2. The van der Waals surface area contributed by atoms with E-state index in [1.807, 2.05) is 65.4 Å². The van der Waals surface area contributed by atoms with Crippen molar-refractivity contribution in [2.24, 2.45) is 0 Å². The number of nitrogens with zero attached hydrogens (tertiary/aromatic N) is 3. The quantitative estimate of drug-likeness (QED) is 0.228. The molecule has 0 saturated carbocycles. The maximum atomic E-state index is 13.9. The van der Waals surface area contributed by atoms with Crippen LogP contribution in [0, 0.1) is 11.6 Å². The third-order valence-corrected chi connectivity index (χ3v) is 5.60. The van der Waals surface area contributed by atoms with Crippen LogP contribution >= 0.6 is 0 Å². The fourth-order valence-electron chi connectivity index (χ4n) is 3.82. The smallest absolute Gasteiger partial charge is 0.213 e. The first-order valence-corrected chi connectivity index (χ1v) is 11.5. The maximum absolute atomic E-state index is 13.9. The largest absolute Gasteiger partial charge is 0.490 e. The molecule has 0 spiro atoms. The average molecular weight is 484 g/mol. The van der Waals surface area contributed by atoms with Gasteiger partial charge in [-0.15, -0.1) is 0 Å². The minimum Gasteiger partial charge on any atom is -0.490 e. The van der Waals surface area contributed by atoms with Crippen LogP contribution in [-0.2, 0) is 6.54 Å². The molecular weight excluding hydrogens is 460 g/mol. The molecule has 36 heavy (non-hydrogen) atoms. The monoisotopic (exact) mass is 483 g/mol. The highest BCUT2D eigenvalue weighted by atomic mass is 19.2. The molecule has 0 amide bonds. The van der Waals surface area contributed by atoms with Gasteiger partial charge in [-0.3, -0.25) is 0 Å².